The highest BCUT2D eigenvalue weighted by molar-refractivity contribution is 5.79. The molecule has 1 aliphatic rings. The number of morpholine rings is 1. The summed E-state index contributed by atoms with van der Waals surface area (Å²) in [5.74, 6) is 2.36. The average Bonchev–Trinajstić information content (AvgIpc) is 3.08. The van der Waals surface area contributed by atoms with E-state index in [-0.39, 0.29) is 0 Å². The molecule has 2 N–H and O–H groups in total. The molecule has 0 bridgehead atoms. The molecule has 0 amide bonds. The van der Waals surface area contributed by atoms with Crippen LogP contribution in [0.3, 0.4) is 0 Å². The Hall–Kier alpha value is -1.60. The molecule has 1 aliphatic heterocycles. The van der Waals surface area contributed by atoms with E-state index >= 15 is 0 Å². The van der Waals surface area contributed by atoms with Gasteiger partial charge in [-0.25, -0.2) is 4.99 Å². The number of nitrogens with zero attached hydrogens (tertiary/aromatic N) is 3. The van der Waals surface area contributed by atoms with E-state index in [9.17, 15) is 0 Å². The number of nitrogens with one attached hydrogen (secondary N) is 2. The molecule has 7 heteroatoms. The Morgan fingerprint density at radius 1 is 1.15 bits per heavy atom. The van der Waals surface area contributed by atoms with Crippen LogP contribution in [0, 0.1) is 5.92 Å². The van der Waals surface area contributed by atoms with Gasteiger partial charge in [0.2, 0.25) is 0 Å². The van der Waals surface area contributed by atoms with Gasteiger partial charge >= 0.3 is 0 Å². The first kappa shape index (κ1) is 21.7. The van der Waals surface area contributed by atoms with E-state index in [2.05, 4.69) is 55.3 Å². The molecule has 0 radical (unpaired) electrons. The van der Waals surface area contributed by atoms with Crippen molar-refractivity contribution in [2.75, 3.05) is 39.4 Å². The van der Waals surface area contributed by atoms with E-state index < -0.39 is 0 Å². The van der Waals surface area contributed by atoms with Crippen molar-refractivity contribution in [2.45, 2.75) is 60.0 Å². The Bertz CT molecular complexity index is 557. The smallest absolute Gasteiger partial charge is 0.191 e. The number of ether oxygens (including phenoxy) is 1. The van der Waals surface area contributed by atoms with Crippen LogP contribution in [0.4, 0.5) is 0 Å². The van der Waals surface area contributed by atoms with Crippen molar-refractivity contribution in [2.24, 2.45) is 10.9 Å². The molecule has 1 atom stereocenters. The first-order valence-corrected chi connectivity index (χ1v) is 10.4. The van der Waals surface area contributed by atoms with Crippen LogP contribution in [0.1, 0.15) is 51.6 Å². The normalized spacial score (nSPS) is 17.3. The number of guanidine groups is 1. The molecule has 154 valence electrons. The van der Waals surface area contributed by atoms with Crippen molar-refractivity contribution >= 4 is 5.96 Å². The third-order valence-corrected chi connectivity index (χ3v) is 5.11. The minimum absolute atomic E-state index is 0.464. The number of aromatic nitrogens is 1. The van der Waals surface area contributed by atoms with Gasteiger partial charge < -0.3 is 19.9 Å². The molecule has 1 fully saturated rings. The number of hydrogen-bond acceptors (Lipinski definition) is 5. The van der Waals surface area contributed by atoms with Crippen LogP contribution in [0.25, 0.3) is 0 Å². The molecule has 1 unspecified atom stereocenters. The maximum atomic E-state index is 5.50. The topological polar surface area (TPSA) is 74.9 Å². The summed E-state index contributed by atoms with van der Waals surface area (Å²) in [4.78, 5) is 7.32. The highest BCUT2D eigenvalue weighted by Crippen LogP contribution is 2.17. The number of rotatable bonds is 9. The monoisotopic (exact) mass is 379 g/mol. The fourth-order valence-corrected chi connectivity index (χ4v) is 3.51. The van der Waals surface area contributed by atoms with E-state index in [1.807, 2.05) is 0 Å². The lowest BCUT2D eigenvalue weighted by Crippen LogP contribution is -2.52. The van der Waals surface area contributed by atoms with Crippen molar-refractivity contribution < 1.29 is 9.26 Å². The second-order valence-electron chi connectivity index (χ2n) is 7.27. The second kappa shape index (κ2) is 11.3. The first-order valence-electron chi connectivity index (χ1n) is 10.4. The molecule has 27 heavy (non-hydrogen) atoms. The predicted molar refractivity (Wildman–Crippen MR) is 109 cm³/mol. The zero-order chi connectivity index (χ0) is 19.6. The summed E-state index contributed by atoms with van der Waals surface area (Å²) in [5, 5.41) is 11.1. The van der Waals surface area contributed by atoms with Gasteiger partial charge in [-0.1, -0.05) is 32.9 Å². The molecule has 1 aromatic rings. The van der Waals surface area contributed by atoms with E-state index in [0.29, 0.717) is 18.5 Å². The van der Waals surface area contributed by atoms with Gasteiger partial charge in [0.25, 0.3) is 0 Å². The van der Waals surface area contributed by atoms with Crippen LogP contribution in [-0.4, -0.2) is 61.5 Å². The van der Waals surface area contributed by atoms with E-state index in [1.165, 1.54) is 0 Å². The number of aryl methyl sites for hydroxylation is 2. The predicted octanol–water partition coefficient (Wildman–Crippen LogP) is 2.21. The molecule has 0 spiro atoms. The fraction of sp³-hybridized carbons (Fsp3) is 0.800. The largest absolute Gasteiger partial charge is 0.379 e. The van der Waals surface area contributed by atoms with E-state index in [1.54, 1.807) is 0 Å². The lowest BCUT2D eigenvalue weighted by molar-refractivity contribution is 0.00752. The maximum absolute atomic E-state index is 5.50. The molecule has 0 saturated carbocycles. The summed E-state index contributed by atoms with van der Waals surface area (Å²) in [6, 6.07) is 0.464. The highest BCUT2D eigenvalue weighted by Gasteiger charge is 2.24. The molecule has 0 aromatic carbocycles. The molecule has 0 aliphatic carbocycles. The lowest BCUT2D eigenvalue weighted by atomic mass is 10.0. The van der Waals surface area contributed by atoms with Gasteiger partial charge in [0.15, 0.2) is 5.96 Å². The number of hydrogen-bond donors (Lipinski definition) is 2. The summed E-state index contributed by atoms with van der Waals surface area (Å²) < 4.78 is 11.0. The highest BCUT2D eigenvalue weighted by atomic mass is 16.5. The Morgan fingerprint density at radius 3 is 2.48 bits per heavy atom. The van der Waals surface area contributed by atoms with Crippen LogP contribution < -0.4 is 10.6 Å². The molecular formula is C20H37N5O2. The first-order chi connectivity index (χ1) is 13.1. The Morgan fingerprint density at radius 2 is 1.89 bits per heavy atom. The average molecular weight is 380 g/mol. The van der Waals surface area contributed by atoms with Gasteiger partial charge in [0.1, 0.15) is 5.76 Å². The molecular weight excluding hydrogens is 342 g/mol. The van der Waals surface area contributed by atoms with Gasteiger partial charge in [0, 0.05) is 44.2 Å². The van der Waals surface area contributed by atoms with Crippen molar-refractivity contribution in [1.82, 2.24) is 20.7 Å². The standard InChI is InChI=1S/C20H37N5O2/c1-6-17-16(19(7-2)27-24-17)13-22-20(21-8-3)23-14-18(15(4)5)25-9-11-26-12-10-25/h15,18H,6-14H2,1-5H3,(H2,21,22,23). The van der Waals surface area contributed by atoms with Crippen LogP contribution in [0.2, 0.25) is 0 Å². The fourth-order valence-electron chi connectivity index (χ4n) is 3.51. The lowest BCUT2D eigenvalue weighted by Gasteiger charge is -2.37. The Labute approximate surface area is 163 Å². The van der Waals surface area contributed by atoms with Crippen molar-refractivity contribution in [1.29, 1.82) is 0 Å². The van der Waals surface area contributed by atoms with Crippen LogP contribution in [-0.2, 0) is 24.1 Å². The Kier molecular flexibility index (Phi) is 9.07. The van der Waals surface area contributed by atoms with Gasteiger partial charge in [0.05, 0.1) is 25.5 Å². The molecule has 7 nitrogen and oxygen atoms in total. The van der Waals surface area contributed by atoms with Gasteiger partial charge in [-0.15, -0.1) is 0 Å². The molecule has 1 aromatic heterocycles. The summed E-state index contributed by atoms with van der Waals surface area (Å²) in [6.07, 6.45) is 1.71. The van der Waals surface area contributed by atoms with Crippen molar-refractivity contribution in [3.05, 3.63) is 17.0 Å². The molecule has 2 heterocycles. The van der Waals surface area contributed by atoms with Crippen LogP contribution >= 0.6 is 0 Å². The van der Waals surface area contributed by atoms with Crippen LogP contribution in [0.15, 0.2) is 9.52 Å². The maximum Gasteiger partial charge on any atom is 0.191 e. The SMILES string of the molecule is CCNC(=NCc1c(CC)noc1CC)NCC(C(C)C)N1CCOCC1. The quantitative estimate of drug-likeness (QED) is 0.506. The number of aliphatic imine (C=N–C) groups is 1. The molecule has 1 saturated heterocycles. The third-order valence-electron chi connectivity index (χ3n) is 5.11. The summed E-state index contributed by atoms with van der Waals surface area (Å²) in [5.41, 5.74) is 2.14. The van der Waals surface area contributed by atoms with Crippen molar-refractivity contribution in [3.8, 4) is 0 Å². The minimum Gasteiger partial charge on any atom is -0.379 e. The summed E-state index contributed by atoms with van der Waals surface area (Å²) in [6.45, 7) is 16.8. The van der Waals surface area contributed by atoms with E-state index in [0.717, 1.165) is 75.2 Å². The van der Waals surface area contributed by atoms with Gasteiger partial charge in [-0.3, -0.25) is 4.90 Å². The van der Waals surface area contributed by atoms with Crippen molar-refractivity contribution in [3.63, 3.8) is 0 Å². The van der Waals surface area contributed by atoms with Gasteiger partial charge in [-0.05, 0) is 19.3 Å². The Balaban J connectivity index is 2.03. The van der Waals surface area contributed by atoms with Crippen LogP contribution in [0.5, 0.6) is 0 Å². The zero-order valence-electron chi connectivity index (χ0n) is 17.7. The summed E-state index contributed by atoms with van der Waals surface area (Å²) in [7, 11) is 0. The summed E-state index contributed by atoms with van der Waals surface area (Å²) >= 11 is 0. The molecule has 2 rings (SSSR count). The second-order valence-corrected chi connectivity index (χ2v) is 7.27. The zero-order valence-corrected chi connectivity index (χ0v) is 17.7. The van der Waals surface area contributed by atoms with E-state index in [4.69, 9.17) is 14.3 Å². The third kappa shape index (κ3) is 6.21. The van der Waals surface area contributed by atoms with Gasteiger partial charge in [-0.2, -0.15) is 0 Å². The minimum atomic E-state index is 0.464.